The molecule has 140 valence electrons. The number of amides is 3. The molecule has 1 saturated carbocycles. The van der Waals surface area contributed by atoms with Gasteiger partial charge in [-0.25, -0.2) is 4.79 Å². The highest BCUT2D eigenvalue weighted by atomic mass is 16.3. The summed E-state index contributed by atoms with van der Waals surface area (Å²) in [6.07, 6.45) is 7.54. The Morgan fingerprint density at radius 2 is 1.83 bits per heavy atom. The summed E-state index contributed by atoms with van der Waals surface area (Å²) < 4.78 is 0. The minimum Gasteiger partial charge on any atom is -0.395 e. The molecule has 1 atom stereocenters. The first-order valence-corrected chi connectivity index (χ1v) is 9.35. The molecule has 1 rings (SSSR count). The maximum Gasteiger partial charge on any atom is 0.318 e. The van der Waals surface area contributed by atoms with Gasteiger partial charge in [0, 0.05) is 20.1 Å². The second-order valence-electron chi connectivity index (χ2n) is 7.25. The van der Waals surface area contributed by atoms with Crippen LogP contribution in [0.2, 0.25) is 0 Å². The smallest absolute Gasteiger partial charge is 0.318 e. The number of nitrogens with one attached hydrogen (secondary N) is 2. The molecule has 1 fully saturated rings. The quantitative estimate of drug-likeness (QED) is 0.601. The first kappa shape index (κ1) is 20.7. The van der Waals surface area contributed by atoms with E-state index in [1.807, 2.05) is 0 Å². The summed E-state index contributed by atoms with van der Waals surface area (Å²) in [6.45, 7) is 5.02. The zero-order valence-corrected chi connectivity index (χ0v) is 15.5. The van der Waals surface area contributed by atoms with Crippen LogP contribution in [-0.2, 0) is 4.79 Å². The van der Waals surface area contributed by atoms with E-state index in [4.69, 9.17) is 0 Å². The number of aliphatic hydroxyl groups excluding tert-OH is 1. The number of nitrogens with zero attached hydrogens (tertiary/aromatic N) is 1. The lowest BCUT2D eigenvalue weighted by Gasteiger charge is -2.29. The molecule has 6 heteroatoms. The Kier molecular flexibility index (Phi) is 9.76. The van der Waals surface area contributed by atoms with Crippen LogP contribution >= 0.6 is 0 Å². The van der Waals surface area contributed by atoms with E-state index >= 15 is 0 Å². The van der Waals surface area contributed by atoms with Gasteiger partial charge in [-0.15, -0.1) is 0 Å². The van der Waals surface area contributed by atoms with Crippen LogP contribution in [0.15, 0.2) is 0 Å². The normalized spacial score (nSPS) is 16.7. The maximum atomic E-state index is 12.5. The lowest BCUT2D eigenvalue weighted by molar-refractivity contribution is -0.123. The van der Waals surface area contributed by atoms with Gasteiger partial charge in [-0.05, 0) is 24.7 Å². The Balaban J connectivity index is 2.63. The van der Waals surface area contributed by atoms with Crippen LogP contribution in [0.25, 0.3) is 0 Å². The molecule has 3 N–H and O–H groups in total. The summed E-state index contributed by atoms with van der Waals surface area (Å²) in [6, 6.07) is -0.750. The van der Waals surface area contributed by atoms with Gasteiger partial charge in [0.1, 0.15) is 6.04 Å². The van der Waals surface area contributed by atoms with Gasteiger partial charge in [-0.1, -0.05) is 46.0 Å². The highest BCUT2D eigenvalue weighted by molar-refractivity contribution is 5.86. The number of hydrogen-bond donors (Lipinski definition) is 3. The van der Waals surface area contributed by atoms with Crippen molar-refractivity contribution in [2.45, 2.75) is 64.8 Å². The van der Waals surface area contributed by atoms with Crippen LogP contribution in [0.5, 0.6) is 0 Å². The van der Waals surface area contributed by atoms with Crippen molar-refractivity contribution in [3.63, 3.8) is 0 Å². The van der Waals surface area contributed by atoms with Crippen molar-refractivity contribution in [1.82, 2.24) is 15.5 Å². The number of likely N-dealkylation sites (N-methyl/N-ethyl adjacent to an activating group) is 1. The van der Waals surface area contributed by atoms with Gasteiger partial charge in [-0.3, -0.25) is 4.79 Å². The predicted molar refractivity (Wildman–Crippen MR) is 95.7 cm³/mol. The number of hydrogen-bond acceptors (Lipinski definition) is 3. The van der Waals surface area contributed by atoms with Crippen molar-refractivity contribution in [2.24, 2.45) is 11.8 Å². The van der Waals surface area contributed by atoms with Gasteiger partial charge in [0.2, 0.25) is 5.91 Å². The molecule has 3 amide bonds. The minimum atomic E-state index is -0.495. The molecule has 1 unspecified atom stereocenters. The Bertz CT molecular complexity index is 382. The topological polar surface area (TPSA) is 81.7 Å². The fourth-order valence-electron chi connectivity index (χ4n) is 3.25. The summed E-state index contributed by atoms with van der Waals surface area (Å²) in [7, 11) is 1.60. The summed E-state index contributed by atoms with van der Waals surface area (Å²) in [5.74, 6) is 0.848. The van der Waals surface area contributed by atoms with E-state index in [9.17, 15) is 14.7 Å². The van der Waals surface area contributed by atoms with Crippen molar-refractivity contribution in [3.05, 3.63) is 0 Å². The number of rotatable bonds is 9. The van der Waals surface area contributed by atoms with Crippen molar-refractivity contribution in [3.8, 4) is 0 Å². The molecular weight excluding hydrogens is 306 g/mol. The number of aliphatic hydroxyl groups is 1. The zero-order chi connectivity index (χ0) is 17.9. The van der Waals surface area contributed by atoms with Crippen LogP contribution in [0, 0.1) is 11.8 Å². The van der Waals surface area contributed by atoms with Gasteiger partial charge in [0.15, 0.2) is 0 Å². The third-order valence-corrected chi connectivity index (χ3v) is 4.79. The molecule has 0 radical (unpaired) electrons. The van der Waals surface area contributed by atoms with Crippen LogP contribution < -0.4 is 10.6 Å². The molecule has 0 spiro atoms. The molecular formula is C18H35N3O3. The van der Waals surface area contributed by atoms with E-state index in [2.05, 4.69) is 24.5 Å². The monoisotopic (exact) mass is 341 g/mol. The van der Waals surface area contributed by atoms with E-state index in [1.54, 1.807) is 11.9 Å². The molecule has 1 aliphatic carbocycles. The molecule has 0 aliphatic heterocycles. The summed E-state index contributed by atoms with van der Waals surface area (Å²) in [5.41, 5.74) is 0. The highest BCUT2D eigenvalue weighted by Gasteiger charge is 2.26. The van der Waals surface area contributed by atoms with Crippen molar-refractivity contribution in [2.75, 3.05) is 26.7 Å². The maximum absolute atomic E-state index is 12.5. The predicted octanol–water partition coefficient (Wildman–Crippen LogP) is 2.12. The van der Waals surface area contributed by atoms with Gasteiger partial charge in [0.25, 0.3) is 0 Å². The molecule has 0 aromatic rings. The first-order valence-electron chi connectivity index (χ1n) is 9.35. The molecule has 0 bridgehead atoms. The standard InChI is InChI=1S/C18H35N3O3/c1-14(2)9-10-21(11-12-22)18(24)20-16(17(23)19-3)13-15-7-5-4-6-8-15/h14-16,22H,4-13H2,1-3H3,(H,19,23)(H,20,24). The van der Waals surface area contributed by atoms with Gasteiger partial charge in [-0.2, -0.15) is 0 Å². The third kappa shape index (κ3) is 7.51. The van der Waals surface area contributed by atoms with E-state index in [-0.39, 0.29) is 18.5 Å². The van der Waals surface area contributed by atoms with Crippen molar-refractivity contribution >= 4 is 11.9 Å². The van der Waals surface area contributed by atoms with E-state index < -0.39 is 6.04 Å². The molecule has 0 saturated heterocycles. The van der Waals surface area contributed by atoms with Crippen LogP contribution in [0.4, 0.5) is 4.79 Å². The molecule has 0 aromatic carbocycles. The lowest BCUT2D eigenvalue weighted by atomic mass is 9.84. The fourth-order valence-corrected chi connectivity index (χ4v) is 3.25. The molecule has 0 heterocycles. The fraction of sp³-hybridized carbons (Fsp3) is 0.889. The number of carbonyl (C=O) groups is 2. The second-order valence-corrected chi connectivity index (χ2v) is 7.25. The Hall–Kier alpha value is -1.30. The zero-order valence-electron chi connectivity index (χ0n) is 15.5. The first-order chi connectivity index (χ1) is 11.5. The summed E-state index contributed by atoms with van der Waals surface area (Å²) in [4.78, 5) is 26.3. The Labute approximate surface area is 146 Å². The van der Waals surface area contributed by atoms with Gasteiger partial charge >= 0.3 is 6.03 Å². The number of carbonyl (C=O) groups excluding carboxylic acids is 2. The lowest BCUT2D eigenvalue weighted by Crippen LogP contribution is -2.52. The largest absolute Gasteiger partial charge is 0.395 e. The van der Waals surface area contributed by atoms with Crippen LogP contribution in [0.1, 0.15) is 58.8 Å². The Morgan fingerprint density at radius 3 is 2.38 bits per heavy atom. The molecule has 1 aliphatic rings. The van der Waals surface area contributed by atoms with E-state index in [0.29, 0.717) is 31.3 Å². The minimum absolute atomic E-state index is 0.0707. The average molecular weight is 341 g/mol. The summed E-state index contributed by atoms with van der Waals surface area (Å²) >= 11 is 0. The molecule has 24 heavy (non-hydrogen) atoms. The average Bonchev–Trinajstić information content (AvgIpc) is 2.57. The van der Waals surface area contributed by atoms with Crippen molar-refractivity contribution in [1.29, 1.82) is 0 Å². The van der Waals surface area contributed by atoms with Gasteiger partial charge < -0.3 is 20.6 Å². The number of urea groups is 1. The SMILES string of the molecule is CNC(=O)C(CC1CCCCC1)NC(=O)N(CCO)CCC(C)C. The van der Waals surface area contributed by atoms with E-state index in [1.165, 1.54) is 19.3 Å². The molecule has 0 aromatic heterocycles. The highest BCUT2D eigenvalue weighted by Crippen LogP contribution is 2.27. The second kappa shape index (κ2) is 11.3. The Morgan fingerprint density at radius 1 is 1.17 bits per heavy atom. The van der Waals surface area contributed by atoms with Crippen LogP contribution in [0.3, 0.4) is 0 Å². The third-order valence-electron chi connectivity index (χ3n) is 4.79. The summed E-state index contributed by atoms with van der Waals surface area (Å²) in [5, 5.41) is 14.7. The van der Waals surface area contributed by atoms with E-state index in [0.717, 1.165) is 19.3 Å². The molecule has 6 nitrogen and oxygen atoms in total. The van der Waals surface area contributed by atoms with Gasteiger partial charge in [0.05, 0.1) is 6.61 Å². The van der Waals surface area contributed by atoms with Crippen LogP contribution in [-0.4, -0.2) is 54.7 Å². The van der Waals surface area contributed by atoms with Crippen molar-refractivity contribution < 1.29 is 14.7 Å².